The van der Waals surface area contributed by atoms with Crippen LogP contribution in [0, 0.1) is 0 Å². The summed E-state index contributed by atoms with van der Waals surface area (Å²) in [6.45, 7) is 4.82. The molecule has 4 N–H and O–H groups in total. The first-order valence-electron chi connectivity index (χ1n) is 9.92. The molecule has 1 aromatic heterocycles. The zero-order valence-electron chi connectivity index (χ0n) is 16.9. The van der Waals surface area contributed by atoms with E-state index >= 15 is 0 Å². The van der Waals surface area contributed by atoms with E-state index < -0.39 is 0 Å². The van der Waals surface area contributed by atoms with Gasteiger partial charge >= 0.3 is 0 Å². The summed E-state index contributed by atoms with van der Waals surface area (Å²) in [4.78, 5) is 11.6. The van der Waals surface area contributed by atoms with Crippen molar-refractivity contribution in [3.05, 3.63) is 65.2 Å². The molecule has 1 aliphatic heterocycles. The van der Waals surface area contributed by atoms with Crippen molar-refractivity contribution in [2.45, 2.75) is 25.9 Å². The Kier molecular flexibility index (Phi) is 5.92. The van der Waals surface area contributed by atoms with Crippen LogP contribution < -0.4 is 20.9 Å². The number of aromatic nitrogens is 2. The molecule has 1 aliphatic rings. The van der Waals surface area contributed by atoms with Crippen molar-refractivity contribution in [2.24, 2.45) is 0 Å². The van der Waals surface area contributed by atoms with Crippen LogP contribution in [0.25, 0.3) is 0 Å². The predicted molar refractivity (Wildman–Crippen MR) is 123 cm³/mol. The first kappa shape index (κ1) is 20.3. The van der Waals surface area contributed by atoms with Gasteiger partial charge in [-0.05, 0) is 37.6 Å². The molecule has 0 aliphatic carbocycles. The van der Waals surface area contributed by atoms with Crippen LogP contribution in [0.1, 0.15) is 25.5 Å². The topological polar surface area (TPSA) is 85.3 Å². The number of aliphatic hydroxyl groups excluding tert-OH is 1. The van der Waals surface area contributed by atoms with E-state index in [1.165, 1.54) is 0 Å². The molecule has 2 aromatic carbocycles. The van der Waals surface area contributed by atoms with E-state index in [2.05, 4.69) is 34.7 Å². The Morgan fingerprint density at radius 3 is 2.63 bits per heavy atom. The van der Waals surface area contributed by atoms with Gasteiger partial charge in [-0.3, -0.25) is 0 Å². The van der Waals surface area contributed by atoms with E-state index in [1.54, 1.807) is 0 Å². The quantitative estimate of drug-likeness (QED) is 0.440. The molecule has 3 aromatic rings. The van der Waals surface area contributed by atoms with Crippen molar-refractivity contribution in [3.63, 3.8) is 0 Å². The predicted octanol–water partition coefficient (Wildman–Crippen LogP) is 4.62. The summed E-state index contributed by atoms with van der Waals surface area (Å²) >= 11 is 6.14. The van der Waals surface area contributed by atoms with E-state index in [9.17, 15) is 5.11 Å². The number of benzene rings is 2. The molecule has 30 heavy (non-hydrogen) atoms. The van der Waals surface area contributed by atoms with E-state index in [1.807, 2.05) is 54.6 Å². The van der Waals surface area contributed by atoms with Crippen molar-refractivity contribution in [3.8, 4) is 0 Å². The highest BCUT2D eigenvalue weighted by molar-refractivity contribution is 6.30. The lowest BCUT2D eigenvalue weighted by Gasteiger charge is -2.23. The van der Waals surface area contributed by atoms with Crippen LogP contribution in [0.2, 0.25) is 5.02 Å². The van der Waals surface area contributed by atoms with E-state index in [0.717, 1.165) is 22.8 Å². The average molecular weight is 425 g/mol. The minimum Gasteiger partial charge on any atom is -0.394 e. The molecule has 0 spiro atoms. The molecule has 0 unspecified atom stereocenters. The van der Waals surface area contributed by atoms with Gasteiger partial charge in [-0.1, -0.05) is 48.0 Å². The maximum Gasteiger partial charge on any atom is 0.227 e. The Balaban J connectivity index is 1.71. The lowest BCUT2D eigenvalue weighted by atomic mass is 10.1. The van der Waals surface area contributed by atoms with Crippen LogP contribution in [0.15, 0.2) is 54.6 Å². The number of rotatable bonds is 7. The van der Waals surface area contributed by atoms with E-state index in [0.29, 0.717) is 23.5 Å². The van der Waals surface area contributed by atoms with E-state index in [-0.39, 0.29) is 18.7 Å². The summed E-state index contributed by atoms with van der Waals surface area (Å²) in [6.07, 6.45) is 0. The third-order valence-corrected chi connectivity index (χ3v) is 5.22. The Morgan fingerprint density at radius 1 is 1.13 bits per heavy atom. The van der Waals surface area contributed by atoms with Gasteiger partial charge in [0.2, 0.25) is 5.95 Å². The summed E-state index contributed by atoms with van der Waals surface area (Å²) in [6, 6.07) is 17.2. The van der Waals surface area contributed by atoms with Gasteiger partial charge in [-0.2, -0.15) is 9.97 Å². The fourth-order valence-electron chi connectivity index (χ4n) is 3.42. The van der Waals surface area contributed by atoms with Crippen LogP contribution in [-0.2, 0) is 0 Å². The van der Waals surface area contributed by atoms with Gasteiger partial charge in [0.15, 0.2) is 11.6 Å². The molecule has 0 fully saturated rings. The fraction of sp³-hybridized carbons (Fsp3) is 0.273. The molecule has 7 nitrogen and oxygen atoms in total. The molecular formula is C22H25ClN6O. The number of anilines is 5. The van der Waals surface area contributed by atoms with Gasteiger partial charge in [0.25, 0.3) is 0 Å². The normalized spacial score (nSPS) is 13.7. The zero-order valence-corrected chi connectivity index (χ0v) is 17.7. The second-order valence-electron chi connectivity index (χ2n) is 7.42. The summed E-state index contributed by atoms with van der Waals surface area (Å²) in [7, 11) is 0. The monoisotopic (exact) mass is 424 g/mol. The SMILES string of the molecule is CC(C)N1CNc2c(Nc3cccc(Cl)c3)nc(N[C@@H](CO)c3ccccc3)nc21. The van der Waals surface area contributed by atoms with Crippen molar-refractivity contribution < 1.29 is 5.11 Å². The van der Waals surface area contributed by atoms with Crippen molar-refractivity contribution >= 4 is 40.6 Å². The molecule has 0 radical (unpaired) electrons. The molecule has 156 valence electrons. The van der Waals surface area contributed by atoms with Crippen LogP contribution in [-0.4, -0.2) is 34.4 Å². The van der Waals surface area contributed by atoms with Gasteiger partial charge < -0.3 is 26.0 Å². The van der Waals surface area contributed by atoms with Crippen LogP contribution >= 0.6 is 11.6 Å². The number of hydrogen-bond acceptors (Lipinski definition) is 7. The molecule has 0 saturated heterocycles. The first-order valence-corrected chi connectivity index (χ1v) is 10.3. The Morgan fingerprint density at radius 2 is 1.93 bits per heavy atom. The standard InChI is InChI=1S/C22H25ClN6O/c1-14(2)29-13-24-19-20(25-17-10-6-9-16(23)11-17)27-22(28-21(19)29)26-18(12-30)15-7-4-3-5-8-15/h3-11,14,18,24,30H,12-13H2,1-2H3,(H2,25,26,27,28)/t18-/m0/s1. The van der Waals surface area contributed by atoms with Gasteiger partial charge in [0.05, 0.1) is 19.3 Å². The van der Waals surface area contributed by atoms with Crippen LogP contribution in [0.3, 0.4) is 0 Å². The van der Waals surface area contributed by atoms with Crippen molar-refractivity contribution in [1.82, 2.24) is 9.97 Å². The molecule has 0 bridgehead atoms. The van der Waals surface area contributed by atoms with Crippen molar-refractivity contribution in [1.29, 1.82) is 0 Å². The molecule has 4 rings (SSSR count). The average Bonchev–Trinajstić information content (AvgIpc) is 3.17. The molecular weight excluding hydrogens is 400 g/mol. The second kappa shape index (κ2) is 8.77. The highest BCUT2D eigenvalue weighted by Gasteiger charge is 2.28. The Hall–Kier alpha value is -3.03. The summed E-state index contributed by atoms with van der Waals surface area (Å²) in [5, 5.41) is 20.6. The molecule has 0 amide bonds. The summed E-state index contributed by atoms with van der Waals surface area (Å²) < 4.78 is 0. The van der Waals surface area contributed by atoms with Crippen LogP contribution in [0.4, 0.5) is 29.0 Å². The number of aliphatic hydroxyl groups is 1. The second-order valence-corrected chi connectivity index (χ2v) is 7.85. The van der Waals surface area contributed by atoms with Crippen molar-refractivity contribution in [2.75, 3.05) is 34.1 Å². The zero-order chi connectivity index (χ0) is 21.1. The van der Waals surface area contributed by atoms with E-state index in [4.69, 9.17) is 21.6 Å². The lowest BCUT2D eigenvalue weighted by Crippen LogP contribution is -2.30. The number of nitrogens with zero attached hydrogens (tertiary/aromatic N) is 3. The number of fused-ring (bicyclic) bond motifs is 1. The largest absolute Gasteiger partial charge is 0.394 e. The van der Waals surface area contributed by atoms with Gasteiger partial charge in [-0.25, -0.2) is 0 Å². The maximum atomic E-state index is 9.94. The third-order valence-electron chi connectivity index (χ3n) is 4.99. The van der Waals surface area contributed by atoms with Crippen LogP contribution in [0.5, 0.6) is 0 Å². The first-order chi connectivity index (χ1) is 14.5. The summed E-state index contributed by atoms with van der Waals surface area (Å²) in [5.74, 6) is 1.91. The molecule has 8 heteroatoms. The highest BCUT2D eigenvalue weighted by atomic mass is 35.5. The summed E-state index contributed by atoms with van der Waals surface area (Å²) in [5.41, 5.74) is 2.64. The maximum absolute atomic E-state index is 9.94. The van der Waals surface area contributed by atoms with Gasteiger partial charge in [0, 0.05) is 16.8 Å². The minimum absolute atomic E-state index is 0.0757. The number of halogens is 1. The minimum atomic E-state index is -0.315. The smallest absolute Gasteiger partial charge is 0.227 e. The number of nitrogens with one attached hydrogen (secondary N) is 3. The Labute approximate surface area is 181 Å². The highest BCUT2D eigenvalue weighted by Crippen LogP contribution is 2.39. The molecule has 1 atom stereocenters. The van der Waals surface area contributed by atoms with Gasteiger partial charge in [-0.15, -0.1) is 0 Å². The molecule has 2 heterocycles. The van der Waals surface area contributed by atoms with Gasteiger partial charge in [0.1, 0.15) is 5.69 Å². The number of hydrogen-bond donors (Lipinski definition) is 4. The Bertz CT molecular complexity index is 1010. The fourth-order valence-corrected chi connectivity index (χ4v) is 3.61. The molecule has 0 saturated carbocycles. The lowest BCUT2D eigenvalue weighted by molar-refractivity contribution is 0.276. The third kappa shape index (κ3) is 4.27.